The van der Waals surface area contributed by atoms with Crippen LogP contribution in [0.5, 0.6) is 0 Å². The van der Waals surface area contributed by atoms with Gasteiger partial charge in [-0.05, 0) is 33.2 Å². The lowest BCUT2D eigenvalue weighted by molar-refractivity contribution is -0.144. The van der Waals surface area contributed by atoms with E-state index in [4.69, 9.17) is 5.11 Å². The van der Waals surface area contributed by atoms with Gasteiger partial charge in [0.15, 0.2) is 0 Å². The molecule has 6 heteroatoms. The Labute approximate surface area is 94.0 Å². The Kier molecular flexibility index (Phi) is 7.16. The molecule has 0 aromatic heterocycles. The highest BCUT2D eigenvalue weighted by atomic mass is 19.3. The maximum absolute atomic E-state index is 11.7. The van der Waals surface area contributed by atoms with Gasteiger partial charge in [-0.15, -0.1) is 0 Å². The summed E-state index contributed by atoms with van der Waals surface area (Å²) in [5.41, 5.74) is -0.956. The number of ether oxygens (including phenoxy) is 1. The highest BCUT2D eigenvalue weighted by Gasteiger charge is 2.29. The summed E-state index contributed by atoms with van der Waals surface area (Å²) in [5, 5.41) is 11.6. The molecule has 0 aliphatic carbocycles. The Morgan fingerprint density at radius 2 is 2.12 bits per heavy atom. The van der Waals surface area contributed by atoms with Crippen molar-refractivity contribution in [2.24, 2.45) is 0 Å². The summed E-state index contributed by atoms with van der Waals surface area (Å²) in [6, 6.07) is 0. The molecule has 0 saturated heterocycles. The second-order valence-electron chi connectivity index (χ2n) is 3.81. The zero-order valence-corrected chi connectivity index (χ0v) is 9.63. The number of aliphatic carboxylic acids is 1. The Morgan fingerprint density at radius 3 is 2.56 bits per heavy atom. The lowest BCUT2D eigenvalue weighted by Crippen LogP contribution is -2.47. The van der Waals surface area contributed by atoms with Crippen LogP contribution in [-0.2, 0) is 9.53 Å². The van der Waals surface area contributed by atoms with Crippen molar-refractivity contribution in [3.05, 3.63) is 0 Å². The summed E-state index contributed by atoms with van der Waals surface area (Å²) < 4.78 is 28.0. The number of rotatable bonds is 9. The van der Waals surface area contributed by atoms with Crippen LogP contribution >= 0.6 is 0 Å². The molecule has 0 bridgehead atoms. The van der Waals surface area contributed by atoms with Gasteiger partial charge in [0.1, 0.15) is 12.1 Å². The number of halogens is 2. The average Bonchev–Trinajstić information content (AvgIpc) is 2.22. The van der Waals surface area contributed by atoms with Crippen LogP contribution in [0.1, 0.15) is 26.2 Å². The van der Waals surface area contributed by atoms with Crippen LogP contribution in [0.3, 0.4) is 0 Å². The molecular weight excluding hydrogens is 220 g/mol. The molecule has 0 saturated carbocycles. The number of nitrogens with one attached hydrogen (secondary N) is 1. The van der Waals surface area contributed by atoms with E-state index >= 15 is 0 Å². The third-order valence-electron chi connectivity index (χ3n) is 2.48. The predicted octanol–water partition coefficient (Wildman–Crippen LogP) is 1.50. The molecule has 96 valence electrons. The van der Waals surface area contributed by atoms with E-state index in [-0.39, 0.29) is 6.61 Å². The number of alkyl halides is 2. The van der Waals surface area contributed by atoms with Crippen molar-refractivity contribution in [2.75, 3.05) is 20.3 Å². The SMILES string of the molecule is CNC(C)(CCCCOCC(F)F)C(=O)O. The largest absolute Gasteiger partial charge is 0.480 e. The zero-order chi connectivity index (χ0) is 12.6. The highest BCUT2D eigenvalue weighted by Crippen LogP contribution is 2.13. The van der Waals surface area contributed by atoms with Crippen LogP contribution in [-0.4, -0.2) is 43.3 Å². The average molecular weight is 239 g/mol. The van der Waals surface area contributed by atoms with Crippen molar-refractivity contribution in [3.63, 3.8) is 0 Å². The lowest BCUT2D eigenvalue weighted by atomic mass is 9.95. The fourth-order valence-electron chi connectivity index (χ4n) is 1.19. The Morgan fingerprint density at radius 1 is 1.50 bits per heavy atom. The monoisotopic (exact) mass is 239 g/mol. The van der Waals surface area contributed by atoms with E-state index in [1.165, 1.54) is 0 Å². The normalized spacial score (nSPS) is 15.1. The number of unbranched alkanes of at least 4 members (excludes halogenated alkanes) is 1. The minimum Gasteiger partial charge on any atom is -0.480 e. The number of carbonyl (C=O) groups is 1. The van der Waals surface area contributed by atoms with Crippen molar-refractivity contribution in [1.29, 1.82) is 0 Å². The van der Waals surface area contributed by atoms with Gasteiger partial charge in [-0.1, -0.05) is 0 Å². The standard InChI is InChI=1S/C10H19F2NO3/c1-10(13-2,9(14)15)5-3-4-6-16-7-8(11)12/h8,13H,3-7H2,1-2H3,(H,14,15). The molecule has 4 nitrogen and oxygen atoms in total. The quantitative estimate of drug-likeness (QED) is 0.599. The van der Waals surface area contributed by atoms with E-state index in [0.29, 0.717) is 19.3 Å². The van der Waals surface area contributed by atoms with Gasteiger partial charge in [-0.3, -0.25) is 4.79 Å². The zero-order valence-electron chi connectivity index (χ0n) is 9.63. The molecule has 0 rings (SSSR count). The first-order chi connectivity index (χ1) is 7.42. The van der Waals surface area contributed by atoms with E-state index < -0.39 is 24.5 Å². The van der Waals surface area contributed by atoms with E-state index in [0.717, 1.165) is 0 Å². The summed E-state index contributed by atoms with van der Waals surface area (Å²) in [4.78, 5) is 10.9. The van der Waals surface area contributed by atoms with E-state index in [9.17, 15) is 13.6 Å². The van der Waals surface area contributed by atoms with Gasteiger partial charge in [0.05, 0.1) is 0 Å². The third kappa shape index (κ3) is 5.97. The minimum absolute atomic E-state index is 0.240. The van der Waals surface area contributed by atoms with Crippen LogP contribution < -0.4 is 5.32 Å². The van der Waals surface area contributed by atoms with Crippen LogP contribution in [0, 0.1) is 0 Å². The minimum atomic E-state index is -2.44. The van der Waals surface area contributed by atoms with Crippen LogP contribution in [0.4, 0.5) is 8.78 Å². The van der Waals surface area contributed by atoms with Crippen molar-refractivity contribution in [1.82, 2.24) is 5.32 Å². The summed E-state index contributed by atoms with van der Waals surface area (Å²) in [5.74, 6) is -0.913. The molecule has 0 radical (unpaired) electrons. The highest BCUT2D eigenvalue weighted by molar-refractivity contribution is 5.78. The van der Waals surface area contributed by atoms with Crippen molar-refractivity contribution >= 4 is 5.97 Å². The molecule has 1 atom stereocenters. The van der Waals surface area contributed by atoms with Gasteiger partial charge in [-0.2, -0.15) is 0 Å². The molecule has 0 aliphatic heterocycles. The Hall–Kier alpha value is -0.750. The molecule has 0 spiro atoms. The maximum Gasteiger partial charge on any atom is 0.323 e. The molecule has 0 aromatic carbocycles. The maximum atomic E-state index is 11.7. The fraction of sp³-hybridized carbons (Fsp3) is 0.900. The molecule has 0 heterocycles. The lowest BCUT2D eigenvalue weighted by Gasteiger charge is -2.23. The Bertz CT molecular complexity index is 214. The molecule has 0 aromatic rings. The topological polar surface area (TPSA) is 58.6 Å². The Balaban J connectivity index is 3.61. The van der Waals surface area contributed by atoms with Crippen LogP contribution in [0.2, 0.25) is 0 Å². The second kappa shape index (κ2) is 7.51. The van der Waals surface area contributed by atoms with Gasteiger partial charge in [0, 0.05) is 6.61 Å². The first-order valence-electron chi connectivity index (χ1n) is 5.20. The molecular formula is C10H19F2NO3. The number of hydrogen-bond donors (Lipinski definition) is 2. The van der Waals surface area contributed by atoms with Crippen molar-refractivity contribution in [2.45, 2.75) is 38.2 Å². The fourth-order valence-corrected chi connectivity index (χ4v) is 1.19. The van der Waals surface area contributed by atoms with Crippen LogP contribution in [0.25, 0.3) is 0 Å². The number of likely N-dealkylation sites (N-methyl/N-ethyl adjacent to an activating group) is 1. The molecule has 16 heavy (non-hydrogen) atoms. The van der Waals surface area contributed by atoms with Crippen molar-refractivity contribution < 1.29 is 23.4 Å². The third-order valence-corrected chi connectivity index (χ3v) is 2.48. The molecule has 0 aliphatic rings. The number of carboxylic acid groups (broad SMARTS) is 1. The van der Waals surface area contributed by atoms with E-state index in [1.807, 2.05) is 0 Å². The summed E-state index contributed by atoms with van der Waals surface area (Å²) in [6.45, 7) is 1.28. The first kappa shape index (κ1) is 15.2. The first-order valence-corrected chi connectivity index (χ1v) is 5.20. The summed E-state index contributed by atoms with van der Waals surface area (Å²) in [7, 11) is 1.58. The molecule has 0 fully saturated rings. The smallest absolute Gasteiger partial charge is 0.323 e. The van der Waals surface area contributed by atoms with Crippen molar-refractivity contribution in [3.8, 4) is 0 Å². The molecule has 0 amide bonds. The molecule has 2 N–H and O–H groups in total. The van der Waals surface area contributed by atoms with E-state index in [2.05, 4.69) is 10.1 Å². The van der Waals surface area contributed by atoms with Gasteiger partial charge >= 0.3 is 5.97 Å². The summed E-state index contributed by atoms with van der Waals surface area (Å²) in [6.07, 6.45) is -0.803. The van der Waals surface area contributed by atoms with Gasteiger partial charge < -0.3 is 15.2 Å². The summed E-state index contributed by atoms with van der Waals surface area (Å²) >= 11 is 0. The van der Waals surface area contributed by atoms with Crippen LogP contribution in [0.15, 0.2) is 0 Å². The molecule has 1 unspecified atom stereocenters. The second-order valence-corrected chi connectivity index (χ2v) is 3.81. The number of hydrogen-bond acceptors (Lipinski definition) is 3. The van der Waals surface area contributed by atoms with E-state index in [1.54, 1.807) is 14.0 Å². The van der Waals surface area contributed by atoms with Gasteiger partial charge in [0.25, 0.3) is 6.43 Å². The predicted molar refractivity (Wildman–Crippen MR) is 55.8 cm³/mol. The van der Waals surface area contributed by atoms with Gasteiger partial charge in [0.2, 0.25) is 0 Å². The van der Waals surface area contributed by atoms with Gasteiger partial charge in [-0.25, -0.2) is 8.78 Å². The number of carboxylic acids is 1.